The molecule has 1 atom stereocenters. The smallest absolute Gasteiger partial charge is 0.186 e. The molecule has 0 aliphatic carbocycles. The van der Waals surface area contributed by atoms with Crippen LogP contribution in [0.3, 0.4) is 0 Å². The van der Waals surface area contributed by atoms with Crippen molar-refractivity contribution < 1.29 is 13.6 Å². The number of carbonyl (C=O) groups excluding carboxylic acids is 1. The van der Waals surface area contributed by atoms with Crippen LogP contribution in [0, 0.1) is 11.6 Å². The summed E-state index contributed by atoms with van der Waals surface area (Å²) in [5.41, 5.74) is 5.61. The Balaban J connectivity index is 2.21. The van der Waals surface area contributed by atoms with Crippen molar-refractivity contribution in [3.8, 4) is 0 Å². The molecule has 0 bridgehead atoms. The normalized spacial score (nSPS) is 12.4. The Labute approximate surface area is 113 Å². The van der Waals surface area contributed by atoms with E-state index in [1.54, 1.807) is 12.3 Å². The number of aromatic nitrogens is 1. The molecule has 1 aromatic heterocycles. The van der Waals surface area contributed by atoms with Crippen molar-refractivity contribution in [2.45, 2.75) is 19.4 Å². The summed E-state index contributed by atoms with van der Waals surface area (Å²) < 4.78 is 26.9. The van der Waals surface area contributed by atoms with Gasteiger partial charge in [0.2, 0.25) is 0 Å². The summed E-state index contributed by atoms with van der Waals surface area (Å²) in [7, 11) is 0. The van der Waals surface area contributed by atoms with Crippen LogP contribution in [-0.2, 0) is 6.42 Å². The fraction of sp³-hybridized carbons (Fsp3) is 0.231. The Morgan fingerprint density at radius 3 is 2.58 bits per heavy atom. The van der Waals surface area contributed by atoms with E-state index in [0.29, 0.717) is 5.01 Å². The highest BCUT2D eigenvalue weighted by atomic mass is 32.1. The van der Waals surface area contributed by atoms with Crippen LogP contribution in [0.5, 0.6) is 0 Å². The van der Waals surface area contributed by atoms with E-state index in [0.717, 1.165) is 12.1 Å². The number of nitrogens with zero attached hydrogens (tertiary/aromatic N) is 1. The Morgan fingerprint density at radius 2 is 2.05 bits per heavy atom. The van der Waals surface area contributed by atoms with Gasteiger partial charge in [-0.3, -0.25) is 4.79 Å². The molecule has 3 nitrogen and oxygen atoms in total. The third kappa shape index (κ3) is 3.02. The van der Waals surface area contributed by atoms with Crippen LogP contribution < -0.4 is 5.73 Å². The molecule has 0 saturated heterocycles. The van der Waals surface area contributed by atoms with Gasteiger partial charge in [0.05, 0.1) is 6.04 Å². The fourth-order valence-corrected chi connectivity index (χ4v) is 2.36. The number of benzene rings is 1. The molecule has 0 spiro atoms. The summed E-state index contributed by atoms with van der Waals surface area (Å²) in [6.07, 6.45) is -0.347. The van der Waals surface area contributed by atoms with Crippen LogP contribution in [0.1, 0.15) is 34.0 Å². The minimum Gasteiger partial charge on any atom is -0.322 e. The molecule has 2 rings (SSSR count). The molecule has 2 N–H and O–H groups in total. The standard InChI is InChI=1S/C13H12F2N2OS/c1-7(16)13-17-11(6-19-13)12(18)5-8-9(14)3-2-4-10(8)15/h2-4,6-7H,5,16H2,1H3. The van der Waals surface area contributed by atoms with Gasteiger partial charge in [0.15, 0.2) is 5.78 Å². The molecule has 19 heavy (non-hydrogen) atoms. The zero-order chi connectivity index (χ0) is 14.0. The van der Waals surface area contributed by atoms with Crippen LogP contribution in [-0.4, -0.2) is 10.8 Å². The van der Waals surface area contributed by atoms with E-state index in [1.165, 1.54) is 17.4 Å². The number of thiazole rings is 1. The molecule has 0 amide bonds. The summed E-state index contributed by atoms with van der Waals surface area (Å²) in [5, 5.41) is 2.18. The molecule has 2 aromatic rings. The van der Waals surface area contributed by atoms with E-state index in [-0.39, 0.29) is 23.7 Å². The number of nitrogens with two attached hydrogens (primary N) is 1. The minimum absolute atomic E-state index is 0.194. The molecule has 0 aliphatic heterocycles. The van der Waals surface area contributed by atoms with E-state index in [9.17, 15) is 13.6 Å². The SMILES string of the molecule is CC(N)c1nc(C(=O)Cc2c(F)cccc2F)cs1. The molecular weight excluding hydrogens is 270 g/mol. The maximum atomic E-state index is 13.4. The summed E-state index contributed by atoms with van der Waals surface area (Å²) in [6, 6.07) is 3.24. The first-order chi connectivity index (χ1) is 8.99. The topological polar surface area (TPSA) is 56.0 Å². The Kier molecular flexibility index (Phi) is 4.01. The van der Waals surface area contributed by atoms with Crippen molar-refractivity contribution in [2.75, 3.05) is 0 Å². The van der Waals surface area contributed by atoms with Crippen molar-refractivity contribution in [1.82, 2.24) is 4.98 Å². The molecule has 0 saturated carbocycles. The highest BCUT2D eigenvalue weighted by Crippen LogP contribution is 2.19. The molecule has 1 heterocycles. The first-order valence-corrected chi connectivity index (χ1v) is 6.54. The zero-order valence-corrected chi connectivity index (χ0v) is 11.0. The summed E-state index contributed by atoms with van der Waals surface area (Å²) >= 11 is 1.26. The number of halogens is 2. The monoisotopic (exact) mass is 282 g/mol. The summed E-state index contributed by atoms with van der Waals surface area (Å²) in [5.74, 6) is -1.88. The van der Waals surface area contributed by atoms with Gasteiger partial charge >= 0.3 is 0 Å². The largest absolute Gasteiger partial charge is 0.322 e. The lowest BCUT2D eigenvalue weighted by Crippen LogP contribution is -2.09. The van der Waals surface area contributed by atoms with Crippen LogP contribution in [0.15, 0.2) is 23.6 Å². The number of hydrogen-bond donors (Lipinski definition) is 1. The third-order valence-corrected chi connectivity index (χ3v) is 3.64. The molecule has 1 aromatic carbocycles. The van der Waals surface area contributed by atoms with Gasteiger partial charge in [-0.05, 0) is 19.1 Å². The van der Waals surface area contributed by atoms with E-state index in [1.807, 2.05) is 0 Å². The first-order valence-electron chi connectivity index (χ1n) is 5.66. The number of rotatable bonds is 4. The number of hydrogen-bond acceptors (Lipinski definition) is 4. The van der Waals surface area contributed by atoms with Crippen molar-refractivity contribution in [3.63, 3.8) is 0 Å². The predicted molar refractivity (Wildman–Crippen MR) is 69.1 cm³/mol. The van der Waals surface area contributed by atoms with Crippen LogP contribution >= 0.6 is 11.3 Å². The van der Waals surface area contributed by atoms with Gasteiger partial charge in [-0.1, -0.05) is 6.07 Å². The lowest BCUT2D eigenvalue weighted by Gasteiger charge is -2.02. The second-order valence-electron chi connectivity index (χ2n) is 4.16. The molecule has 0 radical (unpaired) electrons. The van der Waals surface area contributed by atoms with Gasteiger partial charge in [0.1, 0.15) is 22.3 Å². The lowest BCUT2D eigenvalue weighted by molar-refractivity contribution is 0.0986. The third-order valence-electron chi connectivity index (χ3n) is 2.60. The summed E-state index contributed by atoms with van der Waals surface area (Å²) in [6.45, 7) is 1.75. The van der Waals surface area contributed by atoms with Gasteiger partial charge < -0.3 is 5.73 Å². The van der Waals surface area contributed by atoms with Crippen molar-refractivity contribution >= 4 is 17.1 Å². The lowest BCUT2D eigenvalue weighted by atomic mass is 10.1. The molecule has 100 valence electrons. The van der Waals surface area contributed by atoms with Crippen LogP contribution in [0.2, 0.25) is 0 Å². The van der Waals surface area contributed by atoms with Gasteiger partial charge in [-0.2, -0.15) is 0 Å². The van der Waals surface area contributed by atoms with E-state index < -0.39 is 17.4 Å². The molecule has 1 unspecified atom stereocenters. The fourth-order valence-electron chi connectivity index (χ4n) is 1.58. The van der Waals surface area contributed by atoms with E-state index >= 15 is 0 Å². The predicted octanol–water partition coefficient (Wildman–Crippen LogP) is 2.87. The van der Waals surface area contributed by atoms with Gasteiger partial charge in [0, 0.05) is 17.4 Å². The zero-order valence-electron chi connectivity index (χ0n) is 10.2. The second kappa shape index (κ2) is 5.54. The molecule has 0 aliphatic rings. The molecule has 6 heteroatoms. The number of ketones is 1. The maximum absolute atomic E-state index is 13.4. The minimum atomic E-state index is -0.726. The van der Waals surface area contributed by atoms with Gasteiger partial charge in [-0.15, -0.1) is 11.3 Å². The van der Waals surface area contributed by atoms with Crippen molar-refractivity contribution in [3.05, 3.63) is 51.5 Å². The second-order valence-corrected chi connectivity index (χ2v) is 5.05. The highest BCUT2D eigenvalue weighted by molar-refractivity contribution is 7.09. The molecule has 0 fully saturated rings. The number of Topliss-reactive ketones (excluding diaryl/α,β-unsaturated/α-hetero) is 1. The average Bonchev–Trinajstić information content (AvgIpc) is 2.83. The summed E-state index contributed by atoms with van der Waals surface area (Å²) in [4.78, 5) is 16.0. The van der Waals surface area contributed by atoms with Crippen LogP contribution in [0.25, 0.3) is 0 Å². The molecular formula is C13H12F2N2OS. The van der Waals surface area contributed by atoms with Crippen molar-refractivity contribution in [2.24, 2.45) is 5.73 Å². The van der Waals surface area contributed by atoms with E-state index in [2.05, 4.69) is 4.98 Å². The maximum Gasteiger partial charge on any atom is 0.186 e. The van der Waals surface area contributed by atoms with E-state index in [4.69, 9.17) is 5.73 Å². The Hall–Kier alpha value is -1.66. The van der Waals surface area contributed by atoms with Crippen molar-refractivity contribution in [1.29, 1.82) is 0 Å². The Bertz CT molecular complexity index is 590. The van der Waals surface area contributed by atoms with Gasteiger partial charge in [0.25, 0.3) is 0 Å². The Morgan fingerprint density at radius 1 is 1.42 bits per heavy atom. The first kappa shape index (κ1) is 13.8. The number of carbonyl (C=O) groups is 1. The average molecular weight is 282 g/mol. The van der Waals surface area contributed by atoms with Gasteiger partial charge in [-0.25, -0.2) is 13.8 Å². The quantitative estimate of drug-likeness (QED) is 0.877. The van der Waals surface area contributed by atoms with Crippen LogP contribution in [0.4, 0.5) is 8.78 Å². The highest BCUT2D eigenvalue weighted by Gasteiger charge is 2.17.